The van der Waals surface area contributed by atoms with E-state index in [4.69, 9.17) is 0 Å². The van der Waals surface area contributed by atoms with Crippen molar-refractivity contribution < 1.29 is 34.1 Å². The second-order valence-electron chi connectivity index (χ2n) is 0. The Hall–Kier alpha value is 1.10. The molecule has 0 heterocycles. The molecule has 0 rings (SSSR count). The molecule has 0 fully saturated rings. The van der Waals surface area contributed by atoms with Gasteiger partial charge in [0.1, 0.15) is 0 Å². The molecule has 0 nitrogen and oxygen atoms in total. The maximum atomic E-state index is 2.00. The van der Waals surface area contributed by atoms with Crippen molar-refractivity contribution in [3.8, 4) is 0 Å². The maximum absolute atomic E-state index is 2.00. The third kappa shape index (κ3) is 40.4. The van der Waals surface area contributed by atoms with Gasteiger partial charge in [0.25, 0.3) is 0 Å². The third-order valence-electron chi connectivity index (χ3n) is 0. The molecule has 0 amide bonds. The molecule has 0 aliphatic carbocycles. The van der Waals surface area contributed by atoms with Crippen LogP contribution in [0.5, 0.6) is 0 Å². The molecule has 0 bridgehead atoms. The van der Waals surface area contributed by atoms with Gasteiger partial charge in [-0.3, -0.25) is 0 Å². The van der Waals surface area contributed by atoms with Gasteiger partial charge in [-0.15, -0.1) is 0 Å². The number of rotatable bonds is 0. The number of hydrogen-bond acceptors (Lipinski definition) is 0. The molecule has 0 aromatic heterocycles. The predicted octanol–water partition coefficient (Wildman–Crippen LogP) is 2.54. The van der Waals surface area contributed by atoms with Crippen molar-refractivity contribution in [2.75, 3.05) is 0 Å². The van der Waals surface area contributed by atoms with Crippen LogP contribution in [-0.4, -0.2) is 0 Å². The Labute approximate surface area is 62.7 Å². The van der Waals surface area contributed by atoms with E-state index >= 15 is 0 Å². The molecule has 0 aliphatic heterocycles. The summed E-state index contributed by atoms with van der Waals surface area (Å²) in [4.78, 5) is 0. The van der Waals surface area contributed by atoms with Gasteiger partial charge in [-0.05, 0) is 0 Å². The molecule has 0 unspecified atom stereocenters. The van der Waals surface area contributed by atoms with Gasteiger partial charge < -0.3 is 0 Å². The summed E-state index contributed by atoms with van der Waals surface area (Å²) < 4.78 is 0. The Morgan fingerprint density at radius 2 is 1.00 bits per heavy atom. The van der Waals surface area contributed by atoms with Gasteiger partial charge in [-0.25, -0.2) is 0 Å². The zero-order valence-electron chi connectivity index (χ0n) is 2.58. The van der Waals surface area contributed by atoms with E-state index in [1.165, 1.54) is 0 Å². The van der Waals surface area contributed by atoms with Gasteiger partial charge in [0, 0.05) is 34.1 Å². The van der Waals surface area contributed by atoms with E-state index < -0.39 is 0 Å². The van der Waals surface area contributed by atoms with E-state index in [9.17, 15) is 0 Å². The summed E-state index contributed by atoms with van der Waals surface area (Å²) in [7, 11) is 0. The van der Waals surface area contributed by atoms with Crippen LogP contribution in [-0.2, 0) is 32.7 Å². The average molecular weight is 155 g/mol. The van der Waals surface area contributed by atoms with Crippen molar-refractivity contribution in [1.82, 2.24) is 0 Å². The summed E-state index contributed by atoms with van der Waals surface area (Å²) in [6, 6.07) is 0. The molecular weight excluding hydrogens is 137 g/mol. The molecule has 1 radical (unpaired) electrons. The quantitative estimate of drug-likeness (QED) is 0.504. The van der Waals surface area contributed by atoms with E-state index in [1.54, 1.807) is 0 Å². The summed E-state index contributed by atoms with van der Waals surface area (Å²) in [6.45, 7) is 4.00. The third-order valence-corrected chi connectivity index (χ3v) is 0. The van der Waals surface area contributed by atoms with Crippen molar-refractivity contribution in [2.45, 2.75) is 28.7 Å². The molecule has 0 atom stereocenters. The van der Waals surface area contributed by atoms with Gasteiger partial charge in [-0.2, -0.15) is 0 Å². The SMILES string of the molecule is C.C.CC.[3HH].[Y]. The summed E-state index contributed by atoms with van der Waals surface area (Å²) >= 11 is 0. The molecule has 0 saturated heterocycles. The fraction of sp³-hybridized carbons (Fsp3) is 1.00. The topological polar surface area (TPSA) is 0 Å². The van der Waals surface area contributed by atoms with Crippen LogP contribution < -0.4 is 0 Å². The molecule has 5 heavy (non-hydrogen) atoms. The summed E-state index contributed by atoms with van der Waals surface area (Å²) in [5.41, 5.74) is 0. The Morgan fingerprint density at radius 3 is 1.00 bits per heavy atom. The Bertz CT molecular complexity index is 7.51. The Morgan fingerprint density at radius 1 is 1.00 bits per heavy atom. The fourth-order valence-electron chi connectivity index (χ4n) is 0. The predicted molar refractivity (Wildman–Crippen MR) is 26.9 cm³/mol. The Balaban J connectivity index is -0.000000000833. The number of hydrogen-bond donors (Lipinski definition) is 0. The smallest absolute Gasteiger partial charge is 0 e. The Kier molecular flexibility index (Phi) is 507. The monoisotopic (exact) mass is 155 g/mol. The summed E-state index contributed by atoms with van der Waals surface area (Å²) in [5.74, 6) is 0. The molecule has 0 aromatic rings. The van der Waals surface area contributed by atoms with Crippen LogP contribution in [0.2, 0.25) is 0 Å². The zero-order valence-corrected chi connectivity index (χ0v) is 5.42. The first-order chi connectivity index (χ1) is 1.00. The molecule has 0 aromatic carbocycles. The minimum absolute atomic E-state index is 0. The van der Waals surface area contributed by atoms with E-state index in [0.29, 0.717) is 0 Å². The molecule has 0 aliphatic rings. The van der Waals surface area contributed by atoms with Gasteiger partial charge >= 0.3 is 0 Å². The second-order valence-corrected chi connectivity index (χ2v) is 0. The van der Waals surface area contributed by atoms with Gasteiger partial charge in [0.15, 0.2) is 0 Å². The van der Waals surface area contributed by atoms with Crippen LogP contribution in [0.25, 0.3) is 0 Å². The van der Waals surface area contributed by atoms with Crippen LogP contribution in [0.3, 0.4) is 0 Å². The molecule has 0 N–H and O–H groups in total. The first kappa shape index (κ1) is 35.9. The van der Waals surface area contributed by atoms with Crippen molar-refractivity contribution >= 4 is 0 Å². The van der Waals surface area contributed by atoms with Crippen molar-refractivity contribution in [1.29, 1.82) is 0 Å². The normalized spacial score (nSPS) is 1.20. The van der Waals surface area contributed by atoms with E-state index in [1.807, 2.05) is 13.8 Å². The van der Waals surface area contributed by atoms with Crippen LogP contribution >= 0.6 is 0 Å². The molecule has 35 valence electrons. The summed E-state index contributed by atoms with van der Waals surface area (Å²) in [6.07, 6.45) is 0. The van der Waals surface area contributed by atoms with Crippen molar-refractivity contribution in [2.24, 2.45) is 0 Å². The van der Waals surface area contributed by atoms with Crippen LogP contribution in [0.4, 0.5) is 0 Å². The minimum atomic E-state index is 0. The van der Waals surface area contributed by atoms with Crippen LogP contribution in [0, 0.1) is 0 Å². The summed E-state index contributed by atoms with van der Waals surface area (Å²) in [5, 5.41) is 0. The second kappa shape index (κ2) is 70.5. The zero-order chi connectivity index (χ0) is 2.00. The van der Waals surface area contributed by atoms with Gasteiger partial charge in [-0.1, -0.05) is 28.7 Å². The first-order valence-electron chi connectivity index (χ1n) is 1.00. The van der Waals surface area contributed by atoms with E-state index in [2.05, 4.69) is 0 Å². The average Bonchev–Trinajstić information content (AvgIpc) is 1.00. The van der Waals surface area contributed by atoms with E-state index in [0.717, 1.165) is 0 Å². The van der Waals surface area contributed by atoms with Crippen molar-refractivity contribution in [3.63, 3.8) is 0 Å². The fourth-order valence-corrected chi connectivity index (χ4v) is 0. The van der Waals surface area contributed by atoms with Crippen LogP contribution in [0.15, 0.2) is 0 Å². The molecule has 0 saturated carbocycles. The largest absolute Gasteiger partial charge is 0.0776 e. The van der Waals surface area contributed by atoms with Gasteiger partial charge in [0.2, 0.25) is 0 Å². The van der Waals surface area contributed by atoms with Gasteiger partial charge in [0.05, 0.1) is 0 Å². The van der Waals surface area contributed by atoms with E-state index in [-0.39, 0.29) is 49.0 Å². The standard InChI is InChI=1S/C2H6.2CH4.Y.H2/c1-2;;;;/h1-2H3;2*1H4;;1H/i;;;;1+2. The van der Waals surface area contributed by atoms with Crippen LogP contribution in [0.1, 0.15) is 30.1 Å². The molecule has 1 heteroatoms. The minimum Gasteiger partial charge on any atom is -0.0776 e. The maximum Gasteiger partial charge on any atom is 0 e. The molecule has 0 spiro atoms. The first-order valence-corrected chi connectivity index (χ1v) is 1.00. The molecular formula is C4H16Y. The van der Waals surface area contributed by atoms with Crippen molar-refractivity contribution in [3.05, 3.63) is 0 Å².